The fourth-order valence-corrected chi connectivity index (χ4v) is 2.50. The van der Waals surface area contributed by atoms with E-state index in [0.717, 1.165) is 16.8 Å². The molecule has 0 saturated heterocycles. The average molecular weight is 328 g/mol. The van der Waals surface area contributed by atoms with Gasteiger partial charge in [-0.1, -0.05) is 24.3 Å². The van der Waals surface area contributed by atoms with E-state index >= 15 is 0 Å². The van der Waals surface area contributed by atoms with Gasteiger partial charge < -0.3 is 15.4 Å². The van der Waals surface area contributed by atoms with Gasteiger partial charge >= 0.3 is 0 Å². The number of halogens is 1. The van der Waals surface area contributed by atoms with Crippen molar-refractivity contribution >= 4 is 17.5 Å². The van der Waals surface area contributed by atoms with Crippen molar-refractivity contribution in [2.24, 2.45) is 0 Å². The lowest BCUT2D eigenvalue weighted by Crippen LogP contribution is -2.28. The lowest BCUT2D eigenvalue weighted by atomic mass is 10.0. The van der Waals surface area contributed by atoms with Crippen molar-refractivity contribution in [3.8, 4) is 5.75 Å². The summed E-state index contributed by atoms with van der Waals surface area (Å²) in [5.41, 5.74) is 2.82. The molecule has 124 valence electrons. The highest BCUT2D eigenvalue weighted by molar-refractivity contribution is 5.93. The molecule has 1 aliphatic rings. The highest BCUT2D eigenvalue weighted by atomic mass is 19.1. The van der Waals surface area contributed by atoms with Crippen LogP contribution in [-0.2, 0) is 22.6 Å². The van der Waals surface area contributed by atoms with Crippen LogP contribution in [0.4, 0.5) is 10.1 Å². The number of carbonyl (C=O) groups excluding carboxylic acids is 2. The maximum atomic E-state index is 13.4. The summed E-state index contributed by atoms with van der Waals surface area (Å²) in [7, 11) is 0. The third-order valence-electron chi connectivity index (χ3n) is 3.75. The van der Waals surface area contributed by atoms with Gasteiger partial charge in [-0.3, -0.25) is 9.59 Å². The van der Waals surface area contributed by atoms with Crippen molar-refractivity contribution in [3.05, 3.63) is 59.4 Å². The van der Waals surface area contributed by atoms with Gasteiger partial charge in [0, 0.05) is 18.7 Å². The molecule has 0 atom stereocenters. The minimum atomic E-state index is -0.498. The number of nitrogens with one attached hydrogen (secondary N) is 2. The molecule has 24 heavy (non-hydrogen) atoms. The lowest BCUT2D eigenvalue weighted by Gasteiger charge is -2.17. The average Bonchev–Trinajstić information content (AvgIpc) is 2.59. The summed E-state index contributed by atoms with van der Waals surface area (Å²) in [5, 5.41) is 5.54. The monoisotopic (exact) mass is 328 g/mol. The van der Waals surface area contributed by atoms with E-state index in [1.807, 2.05) is 18.2 Å². The molecule has 1 aliphatic heterocycles. The van der Waals surface area contributed by atoms with Crippen LogP contribution in [0, 0.1) is 5.82 Å². The van der Waals surface area contributed by atoms with Crippen molar-refractivity contribution in [1.29, 1.82) is 0 Å². The highest BCUT2D eigenvalue weighted by Gasteiger charge is 2.15. The Kier molecular flexibility index (Phi) is 4.74. The van der Waals surface area contributed by atoms with Crippen LogP contribution in [-0.4, -0.2) is 18.4 Å². The number of amides is 2. The molecule has 1 heterocycles. The fourth-order valence-electron chi connectivity index (χ4n) is 2.50. The van der Waals surface area contributed by atoms with E-state index in [2.05, 4.69) is 10.6 Å². The first-order valence-electron chi connectivity index (χ1n) is 7.67. The summed E-state index contributed by atoms with van der Waals surface area (Å²) in [6.45, 7) is 0.0998. The van der Waals surface area contributed by atoms with E-state index in [-0.39, 0.29) is 24.2 Å². The molecule has 2 aromatic rings. The van der Waals surface area contributed by atoms with E-state index in [9.17, 15) is 14.0 Å². The van der Waals surface area contributed by atoms with Gasteiger partial charge in [0.15, 0.2) is 18.2 Å². The summed E-state index contributed by atoms with van der Waals surface area (Å²) < 4.78 is 18.5. The molecule has 5 nitrogen and oxygen atoms in total. The van der Waals surface area contributed by atoms with Crippen molar-refractivity contribution in [2.75, 3.05) is 11.9 Å². The number of benzene rings is 2. The Morgan fingerprint density at radius 2 is 2.04 bits per heavy atom. The molecule has 2 N–H and O–H groups in total. The van der Waals surface area contributed by atoms with Crippen molar-refractivity contribution in [3.63, 3.8) is 0 Å². The molecular formula is C18H17FN2O3. The lowest BCUT2D eigenvalue weighted by molar-refractivity contribution is -0.123. The number of aryl methyl sites for hydroxylation is 1. The van der Waals surface area contributed by atoms with Gasteiger partial charge in [-0.2, -0.15) is 0 Å². The van der Waals surface area contributed by atoms with Gasteiger partial charge in [0.2, 0.25) is 5.91 Å². The molecule has 0 unspecified atom stereocenters. The zero-order valence-electron chi connectivity index (χ0n) is 13.0. The van der Waals surface area contributed by atoms with Crippen LogP contribution < -0.4 is 15.4 Å². The van der Waals surface area contributed by atoms with Crippen LogP contribution in [0.5, 0.6) is 5.75 Å². The van der Waals surface area contributed by atoms with Crippen LogP contribution in [0.1, 0.15) is 17.5 Å². The van der Waals surface area contributed by atoms with Crippen LogP contribution in [0.25, 0.3) is 0 Å². The topological polar surface area (TPSA) is 67.4 Å². The van der Waals surface area contributed by atoms with Crippen LogP contribution in [0.2, 0.25) is 0 Å². The van der Waals surface area contributed by atoms with Gasteiger partial charge in [0.05, 0.1) is 0 Å². The molecule has 0 fully saturated rings. The molecule has 0 aliphatic carbocycles. The van der Waals surface area contributed by atoms with Crippen molar-refractivity contribution in [1.82, 2.24) is 5.32 Å². The molecule has 0 aromatic heterocycles. The number of rotatable bonds is 5. The molecular weight excluding hydrogens is 311 g/mol. The Labute approximate surface area is 138 Å². The number of hydrogen-bond acceptors (Lipinski definition) is 3. The van der Waals surface area contributed by atoms with Crippen LogP contribution in [0.15, 0.2) is 42.5 Å². The van der Waals surface area contributed by atoms with E-state index in [1.165, 1.54) is 12.1 Å². The SMILES string of the molecule is O=C(COc1ccccc1F)NCc1ccc2c(c1)CCC(=O)N2. The predicted molar refractivity (Wildman–Crippen MR) is 87.1 cm³/mol. The third-order valence-corrected chi connectivity index (χ3v) is 3.75. The largest absolute Gasteiger partial charge is 0.481 e. The summed E-state index contributed by atoms with van der Waals surface area (Å²) in [6.07, 6.45) is 1.17. The smallest absolute Gasteiger partial charge is 0.258 e. The second-order valence-corrected chi connectivity index (χ2v) is 5.54. The first-order valence-corrected chi connectivity index (χ1v) is 7.67. The highest BCUT2D eigenvalue weighted by Crippen LogP contribution is 2.23. The van der Waals surface area contributed by atoms with Crippen molar-refractivity contribution in [2.45, 2.75) is 19.4 Å². The second-order valence-electron chi connectivity index (χ2n) is 5.54. The number of ether oxygens (including phenoxy) is 1. The molecule has 0 bridgehead atoms. The Bertz CT molecular complexity index is 777. The first kappa shape index (κ1) is 16.0. The summed E-state index contributed by atoms with van der Waals surface area (Å²) in [5.74, 6) is -0.752. The molecule has 0 saturated carbocycles. The van der Waals surface area contributed by atoms with Gasteiger partial charge in [-0.15, -0.1) is 0 Å². The van der Waals surface area contributed by atoms with Gasteiger partial charge in [0.25, 0.3) is 5.91 Å². The van der Waals surface area contributed by atoms with E-state index < -0.39 is 5.82 Å². The third kappa shape index (κ3) is 3.90. The fraction of sp³-hybridized carbons (Fsp3) is 0.222. The first-order chi connectivity index (χ1) is 11.6. The molecule has 3 rings (SSSR count). The van der Waals surface area contributed by atoms with E-state index in [1.54, 1.807) is 12.1 Å². The number of anilines is 1. The van der Waals surface area contributed by atoms with Crippen LogP contribution in [0.3, 0.4) is 0 Å². The van der Waals surface area contributed by atoms with E-state index in [4.69, 9.17) is 4.74 Å². The Hall–Kier alpha value is -2.89. The molecule has 0 radical (unpaired) electrons. The zero-order valence-corrected chi connectivity index (χ0v) is 13.0. The predicted octanol–water partition coefficient (Wildman–Crippen LogP) is 2.41. The number of para-hydroxylation sites is 1. The van der Waals surface area contributed by atoms with E-state index in [0.29, 0.717) is 19.4 Å². The zero-order chi connectivity index (χ0) is 16.9. The van der Waals surface area contributed by atoms with Gasteiger partial charge in [-0.25, -0.2) is 4.39 Å². The summed E-state index contributed by atoms with van der Waals surface area (Å²) in [4.78, 5) is 23.1. The minimum Gasteiger partial charge on any atom is -0.481 e. The maximum Gasteiger partial charge on any atom is 0.258 e. The van der Waals surface area contributed by atoms with Gasteiger partial charge in [0.1, 0.15) is 0 Å². The molecule has 0 spiro atoms. The Balaban J connectivity index is 1.51. The number of hydrogen-bond donors (Lipinski definition) is 2. The second kappa shape index (κ2) is 7.12. The van der Waals surface area contributed by atoms with Crippen molar-refractivity contribution < 1.29 is 18.7 Å². The normalized spacial score (nSPS) is 13.0. The summed E-state index contributed by atoms with van der Waals surface area (Å²) in [6, 6.07) is 11.6. The molecule has 6 heteroatoms. The molecule has 2 amide bonds. The maximum absolute atomic E-state index is 13.4. The number of fused-ring (bicyclic) bond motifs is 1. The van der Waals surface area contributed by atoms with Gasteiger partial charge in [-0.05, 0) is 35.7 Å². The minimum absolute atomic E-state index is 0.0221. The molecule has 2 aromatic carbocycles. The quantitative estimate of drug-likeness (QED) is 0.886. The summed E-state index contributed by atoms with van der Waals surface area (Å²) >= 11 is 0. The Morgan fingerprint density at radius 3 is 2.88 bits per heavy atom. The Morgan fingerprint density at radius 1 is 1.21 bits per heavy atom. The van der Waals surface area contributed by atoms with Crippen LogP contribution >= 0.6 is 0 Å². The number of carbonyl (C=O) groups is 2. The standard InChI is InChI=1S/C18H17FN2O3/c19-14-3-1-2-4-16(14)24-11-18(23)20-10-12-5-7-15-13(9-12)6-8-17(22)21-15/h1-5,7,9H,6,8,10-11H2,(H,20,23)(H,21,22).